The summed E-state index contributed by atoms with van der Waals surface area (Å²) in [5.74, 6) is 0. The quantitative estimate of drug-likeness (QED) is 0.557. The zero-order chi connectivity index (χ0) is 9.52. The maximum Gasteiger partial charge on any atom is 0.315 e. The van der Waals surface area contributed by atoms with Gasteiger partial charge in [0, 0.05) is 19.1 Å². The Labute approximate surface area is 79.5 Å². The Bertz CT molecular complexity index is 155. The fourth-order valence-electron chi connectivity index (χ4n) is 1.61. The molecule has 3 N–H and O–H groups in total. The van der Waals surface area contributed by atoms with Crippen LogP contribution in [0.25, 0.3) is 0 Å². The van der Waals surface area contributed by atoms with Crippen molar-refractivity contribution >= 4 is 6.03 Å². The van der Waals surface area contributed by atoms with Crippen LogP contribution in [-0.4, -0.2) is 32.2 Å². The molecule has 0 radical (unpaired) electrons. The van der Waals surface area contributed by atoms with Gasteiger partial charge in [-0.1, -0.05) is 12.8 Å². The first-order valence-corrected chi connectivity index (χ1v) is 5.02. The first-order valence-electron chi connectivity index (χ1n) is 5.02. The summed E-state index contributed by atoms with van der Waals surface area (Å²) in [6.45, 7) is 1.51. The Morgan fingerprint density at radius 1 is 1.31 bits per heavy atom. The van der Waals surface area contributed by atoms with E-state index in [1.165, 1.54) is 12.8 Å². The number of likely N-dealkylation sites (N-methyl/N-ethyl adjacent to an activating group) is 1. The second-order valence-corrected chi connectivity index (χ2v) is 3.49. The lowest BCUT2D eigenvalue weighted by Gasteiger charge is -2.12. The van der Waals surface area contributed by atoms with Crippen LogP contribution in [0.15, 0.2) is 0 Å². The van der Waals surface area contributed by atoms with Gasteiger partial charge in [0.1, 0.15) is 0 Å². The van der Waals surface area contributed by atoms with Gasteiger partial charge in [0.2, 0.25) is 0 Å². The van der Waals surface area contributed by atoms with Crippen molar-refractivity contribution in [1.29, 1.82) is 0 Å². The molecule has 0 bridgehead atoms. The van der Waals surface area contributed by atoms with Gasteiger partial charge < -0.3 is 16.0 Å². The van der Waals surface area contributed by atoms with Crippen LogP contribution in [0.3, 0.4) is 0 Å². The molecule has 76 valence electrons. The fourth-order valence-corrected chi connectivity index (χ4v) is 1.61. The summed E-state index contributed by atoms with van der Waals surface area (Å²) in [6.07, 6.45) is 4.78. The first kappa shape index (κ1) is 10.3. The number of carbonyl (C=O) groups is 1. The lowest BCUT2D eigenvalue weighted by Crippen LogP contribution is -2.42. The number of nitrogens with one attached hydrogen (secondary N) is 3. The van der Waals surface area contributed by atoms with Crippen molar-refractivity contribution in [2.24, 2.45) is 0 Å². The SMILES string of the molecule is CNCCNC(=O)NC1CCCC1. The van der Waals surface area contributed by atoms with Gasteiger partial charge in [0.05, 0.1) is 0 Å². The highest BCUT2D eigenvalue weighted by Gasteiger charge is 2.16. The third-order valence-electron chi connectivity index (χ3n) is 2.35. The van der Waals surface area contributed by atoms with Crippen molar-refractivity contribution in [2.45, 2.75) is 31.7 Å². The van der Waals surface area contributed by atoms with Crippen LogP contribution >= 0.6 is 0 Å². The zero-order valence-corrected chi connectivity index (χ0v) is 8.23. The van der Waals surface area contributed by atoms with Gasteiger partial charge in [-0.25, -0.2) is 4.79 Å². The third-order valence-corrected chi connectivity index (χ3v) is 2.35. The van der Waals surface area contributed by atoms with E-state index in [1.54, 1.807) is 0 Å². The van der Waals surface area contributed by atoms with E-state index in [0.29, 0.717) is 12.6 Å². The molecule has 0 unspecified atom stereocenters. The van der Waals surface area contributed by atoms with Gasteiger partial charge >= 0.3 is 6.03 Å². The second-order valence-electron chi connectivity index (χ2n) is 3.49. The summed E-state index contributed by atoms with van der Waals surface area (Å²) in [4.78, 5) is 11.2. The Morgan fingerprint density at radius 3 is 2.62 bits per heavy atom. The number of urea groups is 1. The molecule has 0 aromatic heterocycles. The van der Waals surface area contributed by atoms with Crippen LogP contribution in [0.4, 0.5) is 4.79 Å². The number of hydrogen-bond donors (Lipinski definition) is 3. The molecule has 4 heteroatoms. The van der Waals surface area contributed by atoms with Crippen LogP contribution in [0.5, 0.6) is 0 Å². The van der Waals surface area contributed by atoms with E-state index in [1.807, 2.05) is 7.05 Å². The van der Waals surface area contributed by atoms with Gasteiger partial charge in [0.15, 0.2) is 0 Å². The van der Waals surface area contributed by atoms with E-state index >= 15 is 0 Å². The number of rotatable bonds is 4. The van der Waals surface area contributed by atoms with E-state index in [2.05, 4.69) is 16.0 Å². The summed E-state index contributed by atoms with van der Waals surface area (Å²) >= 11 is 0. The summed E-state index contributed by atoms with van der Waals surface area (Å²) in [5.41, 5.74) is 0. The Balaban J connectivity index is 2.02. The molecule has 1 rings (SSSR count). The van der Waals surface area contributed by atoms with E-state index in [4.69, 9.17) is 0 Å². The molecular formula is C9H19N3O. The normalized spacial score (nSPS) is 17.3. The molecule has 0 spiro atoms. The largest absolute Gasteiger partial charge is 0.337 e. The van der Waals surface area contributed by atoms with Crippen molar-refractivity contribution < 1.29 is 4.79 Å². The minimum Gasteiger partial charge on any atom is -0.337 e. The van der Waals surface area contributed by atoms with Crippen LogP contribution in [0.2, 0.25) is 0 Å². The molecule has 1 aliphatic rings. The second kappa shape index (κ2) is 5.80. The van der Waals surface area contributed by atoms with Crippen molar-refractivity contribution in [3.05, 3.63) is 0 Å². The fraction of sp³-hybridized carbons (Fsp3) is 0.889. The zero-order valence-electron chi connectivity index (χ0n) is 8.23. The van der Waals surface area contributed by atoms with Crippen molar-refractivity contribution in [1.82, 2.24) is 16.0 Å². The van der Waals surface area contributed by atoms with E-state index in [0.717, 1.165) is 19.4 Å². The van der Waals surface area contributed by atoms with Gasteiger partial charge in [-0.3, -0.25) is 0 Å². The summed E-state index contributed by atoms with van der Waals surface area (Å²) < 4.78 is 0. The average molecular weight is 185 g/mol. The predicted octanol–water partition coefficient (Wildman–Crippen LogP) is 0.448. The summed E-state index contributed by atoms with van der Waals surface area (Å²) in [5, 5.41) is 8.73. The van der Waals surface area contributed by atoms with E-state index in [9.17, 15) is 4.79 Å². The molecule has 2 amide bonds. The third kappa shape index (κ3) is 4.12. The van der Waals surface area contributed by atoms with Crippen molar-refractivity contribution in [2.75, 3.05) is 20.1 Å². The van der Waals surface area contributed by atoms with Crippen LogP contribution in [-0.2, 0) is 0 Å². The number of carbonyl (C=O) groups excluding carboxylic acids is 1. The lowest BCUT2D eigenvalue weighted by molar-refractivity contribution is 0.237. The monoisotopic (exact) mass is 185 g/mol. The van der Waals surface area contributed by atoms with Crippen LogP contribution < -0.4 is 16.0 Å². The highest BCUT2D eigenvalue weighted by molar-refractivity contribution is 5.74. The van der Waals surface area contributed by atoms with Crippen molar-refractivity contribution in [3.63, 3.8) is 0 Å². The molecule has 0 aromatic rings. The molecule has 0 aliphatic heterocycles. The molecule has 1 fully saturated rings. The highest BCUT2D eigenvalue weighted by atomic mass is 16.2. The number of hydrogen-bond acceptors (Lipinski definition) is 2. The molecule has 1 aliphatic carbocycles. The van der Waals surface area contributed by atoms with Gasteiger partial charge in [0.25, 0.3) is 0 Å². The predicted molar refractivity (Wildman–Crippen MR) is 52.7 cm³/mol. The first-order chi connectivity index (χ1) is 6.33. The van der Waals surface area contributed by atoms with Gasteiger partial charge in [-0.2, -0.15) is 0 Å². The standard InChI is InChI=1S/C9H19N3O/c1-10-6-7-11-9(13)12-8-4-2-3-5-8/h8,10H,2-7H2,1H3,(H2,11,12,13). The van der Waals surface area contributed by atoms with Crippen LogP contribution in [0, 0.1) is 0 Å². The Kier molecular flexibility index (Phi) is 4.60. The number of amides is 2. The summed E-state index contributed by atoms with van der Waals surface area (Å²) in [6, 6.07) is 0.386. The van der Waals surface area contributed by atoms with Crippen LogP contribution in [0.1, 0.15) is 25.7 Å². The topological polar surface area (TPSA) is 53.2 Å². The molecule has 0 heterocycles. The van der Waals surface area contributed by atoms with Gasteiger partial charge in [-0.15, -0.1) is 0 Å². The average Bonchev–Trinajstić information content (AvgIpc) is 2.57. The summed E-state index contributed by atoms with van der Waals surface area (Å²) in [7, 11) is 1.87. The van der Waals surface area contributed by atoms with Gasteiger partial charge in [-0.05, 0) is 19.9 Å². The molecule has 1 saturated carbocycles. The Morgan fingerprint density at radius 2 is 2.00 bits per heavy atom. The highest BCUT2D eigenvalue weighted by Crippen LogP contribution is 2.17. The Hall–Kier alpha value is -0.770. The molecule has 4 nitrogen and oxygen atoms in total. The maximum atomic E-state index is 11.2. The molecule has 0 atom stereocenters. The molecule has 13 heavy (non-hydrogen) atoms. The van der Waals surface area contributed by atoms with Crippen molar-refractivity contribution in [3.8, 4) is 0 Å². The minimum absolute atomic E-state index is 0.0258. The molecular weight excluding hydrogens is 166 g/mol. The maximum absolute atomic E-state index is 11.2. The van der Waals surface area contributed by atoms with E-state index < -0.39 is 0 Å². The molecule has 0 saturated heterocycles. The lowest BCUT2D eigenvalue weighted by atomic mass is 10.2. The van der Waals surface area contributed by atoms with E-state index in [-0.39, 0.29) is 6.03 Å². The minimum atomic E-state index is -0.0258. The molecule has 0 aromatic carbocycles. The smallest absolute Gasteiger partial charge is 0.315 e.